The number of hydrogen-bond acceptors (Lipinski definition) is 3. The molecule has 1 N–H and O–H groups in total. The Morgan fingerprint density at radius 1 is 1.47 bits per heavy atom. The number of nitrogens with zero attached hydrogens (tertiary/aromatic N) is 3. The van der Waals surface area contributed by atoms with Crippen LogP contribution in [0.5, 0.6) is 0 Å². The van der Waals surface area contributed by atoms with Crippen molar-refractivity contribution in [3.05, 3.63) is 47.8 Å². The van der Waals surface area contributed by atoms with E-state index in [9.17, 15) is 4.39 Å². The van der Waals surface area contributed by atoms with E-state index in [0.717, 1.165) is 0 Å². The highest BCUT2D eigenvalue weighted by atomic mass is 19.1. The van der Waals surface area contributed by atoms with E-state index in [1.165, 1.54) is 12.3 Å². The summed E-state index contributed by atoms with van der Waals surface area (Å²) in [6.45, 7) is 4.40. The Bertz CT molecular complexity index is 610. The third-order valence-corrected chi connectivity index (χ3v) is 2.78. The van der Waals surface area contributed by atoms with E-state index < -0.39 is 0 Å². The second-order valence-electron chi connectivity index (χ2n) is 4.51. The molecule has 19 heavy (non-hydrogen) atoms. The number of nitriles is 1. The Morgan fingerprint density at radius 2 is 2.26 bits per heavy atom. The van der Waals surface area contributed by atoms with Crippen molar-refractivity contribution < 1.29 is 4.39 Å². The molecule has 1 aromatic carbocycles. The van der Waals surface area contributed by atoms with Crippen molar-refractivity contribution in [1.29, 1.82) is 5.26 Å². The number of aromatic nitrogens is 2. The molecule has 0 aliphatic carbocycles. The molecule has 0 fully saturated rings. The molecule has 2 aromatic rings. The highest BCUT2D eigenvalue weighted by Crippen LogP contribution is 2.19. The standard InChI is InChI=1S/C14H15FN4/c1-10(2)18-9-11-12(15)4-3-5-13(11)19-7-6-17-14(19)8-16/h3-7,10,18H,9H2,1-2H3. The van der Waals surface area contributed by atoms with Gasteiger partial charge in [0.25, 0.3) is 0 Å². The first kappa shape index (κ1) is 13.2. The molecule has 0 aliphatic heterocycles. The lowest BCUT2D eigenvalue weighted by Gasteiger charge is -2.14. The number of rotatable bonds is 4. The predicted octanol–water partition coefficient (Wildman–Crippen LogP) is 2.38. The normalized spacial score (nSPS) is 10.7. The van der Waals surface area contributed by atoms with E-state index >= 15 is 0 Å². The van der Waals surface area contributed by atoms with Crippen LogP contribution >= 0.6 is 0 Å². The molecule has 1 aromatic heterocycles. The average Bonchev–Trinajstić information content (AvgIpc) is 2.84. The summed E-state index contributed by atoms with van der Waals surface area (Å²) in [5, 5.41) is 12.2. The first-order chi connectivity index (χ1) is 9.13. The van der Waals surface area contributed by atoms with Crippen molar-refractivity contribution >= 4 is 0 Å². The molecule has 0 spiro atoms. The van der Waals surface area contributed by atoms with Crippen LogP contribution in [-0.2, 0) is 6.54 Å². The first-order valence-corrected chi connectivity index (χ1v) is 6.08. The van der Waals surface area contributed by atoms with Gasteiger partial charge in [-0.1, -0.05) is 19.9 Å². The molecule has 0 aliphatic rings. The maximum atomic E-state index is 14.0. The second-order valence-corrected chi connectivity index (χ2v) is 4.51. The molecule has 0 saturated heterocycles. The summed E-state index contributed by atoms with van der Waals surface area (Å²) in [5.41, 5.74) is 1.17. The minimum Gasteiger partial charge on any atom is -0.310 e. The second kappa shape index (κ2) is 5.63. The zero-order chi connectivity index (χ0) is 13.8. The minimum absolute atomic E-state index is 0.247. The van der Waals surface area contributed by atoms with Crippen molar-refractivity contribution in [3.63, 3.8) is 0 Å². The smallest absolute Gasteiger partial charge is 0.217 e. The van der Waals surface area contributed by atoms with Gasteiger partial charge >= 0.3 is 0 Å². The van der Waals surface area contributed by atoms with E-state index in [1.54, 1.807) is 22.9 Å². The van der Waals surface area contributed by atoms with Gasteiger partial charge in [0.1, 0.15) is 11.9 Å². The SMILES string of the molecule is CC(C)NCc1c(F)cccc1-n1ccnc1C#N. The molecule has 5 heteroatoms. The van der Waals surface area contributed by atoms with Gasteiger partial charge in [0, 0.05) is 30.5 Å². The van der Waals surface area contributed by atoms with Gasteiger partial charge in [-0.05, 0) is 12.1 Å². The molecule has 2 rings (SSSR count). The Labute approximate surface area is 111 Å². The summed E-state index contributed by atoms with van der Waals surface area (Å²) >= 11 is 0. The molecule has 98 valence electrons. The third-order valence-electron chi connectivity index (χ3n) is 2.78. The zero-order valence-corrected chi connectivity index (χ0v) is 10.9. The summed E-state index contributed by atoms with van der Waals surface area (Å²) in [5.74, 6) is -0.0420. The Hall–Kier alpha value is -2.19. The highest BCUT2D eigenvalue weighted by molar-refractivity contribution is 5.44. The van der Waals surface area contributed by atoms with E-state index in [4.69, 9.17) is 5.26 Å². The Balaban J connectivity index is 2.46. The molecule has 1 heterocycles. The Kier molecular flexibility index (Phi) is 3.93. The largest absolute Gasteiger partial charge is 0.310 e. The molecular weight excluding hydrogens is 243 g/mol. The van der Waals surface area contributed by atoms with Crippen molar-refractivity contribution in [3.8, 4) is 11.8 Å². The van der Waals surface area contributed by atoms with Gasteiger partial charge in [0.2, 0.25) is 5.82 Å². The fourth-order valence-electron chi connectivity index (χ4n) is 1.83. The van der Waals surface area contributed by atoms with E-state index in [0.29, 0.717) is 17.8 Å². The maximum Gasteiger partial charge on any atom is 0.217 e. The van der Waals surface area contributed by atoms with Gasteiger partial charge in [0.05, 0.1) is 5.69 Å². The Morgan fingerprint density at radius 3 is 2.95 bits per heavy atom. The number of halogens is 1. The lowest BCUT2D eigenvalue weighted by Crippen LogP contribution is -2.23. The first-order valence-electron chi connectivity index (χ1n) is 6.08. The van der Waals surface area contributed by atoms with Crippen molar-refractivity contribution in [2.75, 3.05) is 0 Å². The van der Waals surface area contributed by atoms with Crippen LogP contribution in [0.1, 0.15) is 25.2 Å². The van der Waals surface area contributed by atoms with E-state index in [2.05, 4.69) is 10.3 Å². The van der Waals surface area contributed by atoms with Crippen LogP contribution in [0.25, 0.3) is 5.69 Å². The summed E-state index contributed by atoms with van der Waals surface area (Å²) in [4.78, 5) is 3.94. The fourth-order valence-corrected chi connectivity index (χ4v) is 1.83. The van der Waals surface area contributed by atoms with Gasteiger partial charge in [-0.3, -0.25) is 4.57 Å². The molecule has 0 saturated carbocycles. The van der Waals surface area contributed by atoms with Crippen LogP contribution < -0.4 is 5.32 Å². The lowest BCUT2D eigenvalue weighted by molar-refractivity contribution is 0.551. The quantitative estimate of drug-likeness (QED) is 0.916. The monoisotopic (exact) mass is 258 g/mol. The molecule has 0 amide bonds. The van der Waals surface area contributed by atoms with Gasteiger partial charge < -0.3 is 5.32 Å². The highest BCUT2D eigenvalue weighted by Gasteiger charge is 2.13. The van der Waals surface area contributed by atoms with Crippen LogP contribution in [0.3, 0.4) is 0 Å². The van der Waals surface area contributed by atoms with Crippen LogP contribution in [0.2, 0.25) is 0 Å². The molecule has 0 atom stereocenters. The lowest BCUT2D eigenvalue weighted by atomic mass is 10.1. The van der Waals surface area contributed by atoms with Crippen LogP contribution in [0, 0.1) is 17.1 Å². The van der Waals surface area contributed by atoms with E-state index in [1.807, 2.05) is 19.9 Å². The van der Waals surface area contributed by atoms with Crippen LogP contribution in [0.4, 0.5) is 4.39 Å². The topological polar surface area (TPSA) is 53.6 Å². The van der Waals surface area contributed by atoms with Crippen molar-refractivity contribution in [2.24, 2.45) is 0 Å². The molecule has 4 nitrogen and oxygen atoms in total. The van der Waals surface area contributed by atoms with Gasteiger partial charge in [0.15, 0.2) is 0 Å². The summed E-state index contributed by atoms with van der Waals surface area (Å²) < 4.78 is 15.6. The van der Waals surface area contributed by atoms with Crippen LogP contribution in [-0.4, -0.2) is 15.6 Å². The average molecular weight is 258 g/mol. The summed E-state index contributed by atoms with van der Waals surface area (Å²) in [7, 11) is 0. The minimum atomic E-state index is -0.289. The molecule has 0 radical (unpaired) electrons. The molecular formula is C14H15FN4. The maximum absolute atomic E-state index is 14.0. The number of benzene rings is 1. The van der Waals surface area contributed by atoms with Crippen molar-refractivity contribution in [1.82, 2.24) is 14.9 Å². The van der Waals surface area contributed by atoms with E-state index in [-0.39, 0.29) is 17.7 Å². The third kappa shape index (κ3) is 2.80. The fraction of sp³-hybridized carbons (Fsp3) is 0.286. The summed E-state index contributed by atoms with van der Waals surface area (Å²) in [6, 6.07) is 7.08. The number of imidazole rings is 1. The van der Waals surface area contributed by atoms with Crippen molar-refractivity contribution in [2.45, 2.75) is 26.4 Å². The molecule has 0 bridgehead atoms. The van der Waals surface area contributed by atoms with Gasteiger partial charge in [-0.25, -0.2) is 9.37 Å². The molecule has 0 unspecified atom stereocenters. The van der Waals surface area contributed by atoms with Crippen LogP contribution in [0.15, 0.2) is 30.6 Å². The number of hydrogen-bond donors (Lipinski definition) is 1. The van der Waals surface area contributed by atoms with Gasteiger partial charge in [-0.15, -0.1) is 0 Å². The zero-order valence-electron chi connectivity index (χ0n) is 10.9. The summed E-state index contributed by atoms with van der Waals surface area (Å²) in [6.07, 6.45) is 3.19. The van der Waals surface area contributed by atoms with Gasteiger partial charge in [-0.2, -0.15) is 5.26 Å². The predicted molar refractivity (Wildman–Crippen MR) is 70.2 cm³/mol. The number of nitrogens with one attached hydrogen (secondary N) is 1.